The van der Waals surface area contributed by atoms with Crippen LogP contribution < -0.4 is 15.0 Å². The summed E-state index contributed by atoms with van der Waals surface area (Å²) in [7, 11) is 0. The summed E-state index contributed by atoms with van der Waals surface area (Å²) in [5.74, 6) is 0.942. The van der Waals surface area contributed by atoms with Crippen LogP contribution in [0.1, 0.15) is 30.1 Å². The van der Waals surface area contributed by atoms with Gasteiger partial charge in [0.2, 0.25) is 5.88 Å². The molecular formula is C28H27FN4O2S. The first kappa shape index (κ1) is 24.1. The Kier molecular flexibility index (Phi) is 7.04. The van der Waals surface area contributed by atoms with Gasteiger partial charge in [0.15, 0.2) is 5.16 Å². The molecule has 1 N–H and O–H groups in total. The number of carbonyl (C=O) groups is 1. The molecule has 1 aliphatic heterocycles. The van der Waals surface area contributed by atoms with Crippen LogP contribution in [0.15, 0.2) is 72.0 Å². The molecule has 1 aliphatic rings. The van der Waals surface area contributed by atoms with Gasteiger partial charge in [0.05, 0.1) is 0 Å². The van der Waals surface area contributed by atoms with Crippen molar-refractivity contribution in [1.82, 2.24) is 9.97 Å². The maximum atomic E-state index is 14.5. The van der Waals surface area contributed by atoms with Crippen molar-refractivity contribution in [2.45, 2.75) is 24.9 Å². The van der Waals surface area contributed by atoms with Crippen LogP contribution in [0.3, 0.4) is 0 Å². The van der Waals surface area contributed by atoms with E-state index in [4.69, 9.17) is 4.74 Å². The standard InChI is InChI=1S/C28H27FN4O2S/c1-18-10-13-33(14-11-18)21-16-19(15-20(29)17-21)27(34)31-24-7-8-25(23-6-4-3-5-22(23)24)35-26-9-12-30-28(32-26)36-2/h3-9,12,15-18H,10-11,13-14H2,1-2H3,(H,31,34). The molecule has 5 rings (SSSR count). The van der Waals surface area contributed by atoms with Crippen LogP contribution in [-0.2, 0) is 0 Å². The Hall–Kier alpha value is -3.65. The van der Waals surface area contributed by atoms with Gasteiger partial charge in [-0.1, -0.05) is 43.0 Å². The topological polar surface area (TPSA) is 67.3 Å². The zero-order chi connectivity index (χ0) is 25.1. The summed E-state index contributed by atoms with van der Waals surface area (Å²) in [6, 6.07) is 17.5. The average Bonchev–Trinajstić information content (AvgIpc) is 2.90. The molecule has 0 unspecified atom stereocenters. The summed E-state index contributed by atoms with van der Waals surface area (Å²) < 4.78 is 20.5. The molecule has 0 saturated carbocycles. The number of hydrogen-bond donors (Lipinski definition) is 1. The number of nitrogens with zero attached hydrogens (tertiary/aromatic N) is 3. The van der Waals surface area contributed by atoms with E-state index in [-0.39, 0.29) is 5.91 Å². The highest BCUT2D eigenvalue weighted by Crippen LogP contribution is 2.34. The van der Waals surface area contributed by atoms with E-state index in [2.05, 4.69) is 27.1 Å². The third-order valence-electron chi connectivity index (χ3n) is 6.43. The molecule has 3 aromatic carbocycles. The minimum atomic E-state index is -0.417. The lowest BCUT2D eigenvalue weighted by molar-refractivity contribution is 0.102. The number of nitrogens with one attached hydrogen (secondary N) is 1. The van der Waals surface area contributed by atoms with E-state index in [0.29, 0.717) is 34.0 Å². The lowest BCUT2D eigenvalue weighted by atomic mass is 9.98. The summed E-state index contributed by atoms with van der Waals surface area (Å²) in [4.78, 5) is 23.9. The predicted molar refractivity (Wildman–Crippen MR) is 143 cm³/mol. The Morgan fingerprint density at radius 1 is 1.08 bits per heavy atom. The Balaban J connectivity index is 1.41. The first-order chi connectivity index (χ1) is 17.5. The molecule has 4 aromatic rings. The summed E-state index contributed by atoms with van der Waals surface area (Å²) >= 11 is 1.44. The van der Waals surface area contributed by atoms with Crippen molar-refractivity contribution < 1.29 is 13.9 Å². The molecule has 184 valence electrons. The largest absolute Gasteiger partial charge is 0.438 e. The summed E-state index contributed by atoms with van der Waals surface area (Å²) in [5.41, 5.74) is 1.65. The van der Waals surface area contributed by atoms with E-state index in [1.165, 1.54) is 23.9 Å². The zero-order valence-electron chi connectivity index (χ0n) is 20.2. The minimum Gasteiger partial charge on any atom is -0.438 e. The summed E-state index contributed by atoms with van der Waals surface area (Å²) in [5, 5.41) is 5.22. The van der Waals surface area contributed by atoms with Crippen molar-refractivity contribution in [1.29, 1.82) is 0 Å². The molecule has 0 radical (unpaired) electrons. The molecule has 0 bridgehead atoms. The molecule has 2 heterocycles. The smallest absolute Gasteiger partial charge is 0.255 e. The molecule has 0 aliphatic carbocycles. The Labute approximate surface area is 213 Å². The minimum absolute atomic E-state index is 0.290. The normalized spacial score (nSPS) is 14.1. The highest BCUT2D eigenvalue weighted by molar-refractivity contribution is 7.98. The number of thioether (sulfide) groups is 1. The third kappa shape index (κ3) is 5.28. The highest BCUT2D eigenvalue weighted by Gasteiger charge is 2.19. The van der Waals surface area contributed by atoms with Crippen molar-refractivity contribution in [3.63, 3.8) is 0 Å². The van der Waals surface area contributed by atoms with Crippen LogP contribution in [0.25, 0.3) is 10.8 Å². The molecule has 8 heteroatoms. The van der Waals surface area contributed by atoms with Crippen LogP contribution in [0.2, 0.25) is 0 Å². The van der Waals surface area contributed by atoms with Crippen LogP contribution >= 0.6 is 11.8 Å². The van der Waals surface area contributed by atoms with Crippen molar-refractivity contribution in [3.05, 3.63) is 78.2 Å². The van der Waals surface area contributed by atoms with Gasteiger partial charge in [-0.25, -0.2) is 9.37 Å². The fourth-order valence-corrected chi connectivity index (χ4v) is 4.76. The van der Waals surface area contributed by atoms with Gasteiger partial charge in [0.25, 0.3) is 5.91 Å². The van der Waals surface area contributed by atoms with E-state index in [0.717, 1.165) is 42.4 Å². The number of ether oxygens (including phenoxy) is 1. The van der Waals surface area contributed by atoms with Crippen LogP contribution in [0.5, 0.6) is 11.6 Å². The number of carbonyl (C=O) groups excluding carboxylic acids is 1. The number of piperidine rings is 1. The quantitative estimate of drug-likeness (QED) is 0.232. The molecule has 1 amide bonds. The fourth-order valence-electron chi connectivity index (χ4n) is 4.41. The molecule has 1 fully saturated rings. The van der Waals surface area contributed by atoms with Gasteiger partial charge in [-0.2, -0.15) is 4.98 Å². The predicted octanol–water partition coefficient (Wildman–Crippen LogP) is 6.77. The molecule has 1 aromatic heterocycles. The van der Waals surface area contributed by atoms with E-state index in [9.17, 15) is 9.18 Å². The van der Waals surface area contributed by atoms with Crippen molar-refractivity contribution >= 4 is 39.8 Å². The van der Waals surface area contributed by atoms with Crippen LogP contribution in [-0.4, -0.2) is 35.2 Å². The average molecular weight is 503 g/mol. The number of anilines is 2. The van der Waals surface area contributed by atoms with Gasteiger partial charge < -0.3 is 15.0 Å². The number of amides is 1. The second-order valence-electron chi connectivity index (χ2n) is 8.96. The van der Waals surface area contributed by atoms with Gasteiger partial charge >= 0.3 is 0 Å². The first-order valence-corrected chi connectivity index (χ1v) is 13.2. The van der Waals surface area contributed by atoms with Crippen LogP contribution in [0.4, 0.5) is 15.8 Å². The van der Waals surface area contributed by atoms with Crippen LogP contribution in [0, 0.1) is 11.7 Å². The first-order valence-electron chi connectivity index (χ1n) is 11.9. The van der Waals surface area contributed by atoms with Gasteiger partial charge in [0.1, 0.15) is 11.6 Å². The summed E-state index contributed by atoms with van der Waals surface area (Å²) in [6.45, 7) is 3.96. The van der Waals surface area contributed by atoms with Gasteiger partial charge in [-0.05, 0) is 55.3 Å². The van der Waals surface area contributed by atoms with E-state index in [1.54, 1.807) is 30.5 Å². The Morgan fingerprint density at radius 2 is 1.86 bits per heavy atom. The lowest BCUT2D eigenvalue weighted by Gasteiger charge is -2.32. The molecule has 6 nitrogen and oxygen atoms in total. The van der Waals surface area contributed by atoms with E-state index < -0.39 is 5.82 Å². The SMILES string of the molecule is CSc1nccc(Oc2ccc(NC(=O)c3cc(F)cc(N4CCC(C)CC4)c3)c3ccccc23)n1. The molecule has 0 spiro atoms. The zero-order valence-corrected chi connectivity index (χ0v) is 21.0. The maximum absolute atomic E-state index is 14.5. The van der Waals surface area contributed by atoms with Gasteiger partial charge in [0, 0.05) is 53.1 Å². The Bertz CT molecular complexity index is 1410. The lowest BCUT2D eigenvalue weighted by Crippen LogP contribution is -2.33. The number of benzene rings is 3. The number of halogens is 1. The number of rotatable bonds is 6. The number of hydrogen-bond acceptors (Lipinski definition) is 6. The second kappa shape index (κ2) is 10.5. The monoisotopic (exact) mass is 502 g/mol. The molecular weight excluding hydrogens is 475 g/mol. The number of aromatic nitrogens is 2. The van der Waals surface area contributed by atoms with Crippen molar-refractivity contribution in [2.24, 2.45) is 5.92 Å². The summed E-state index contributed by atoms with van der Waals surface area (Å²) in [6.07, 6.45) is 5.68. The van der Waals surface area contributed by atoms with Gasteiger partial charge in [-0.15, -0.1) is 0 Å². The number of fused-ring (bicyclic) bond motifs is 1. The molecule has 36 heavy (non-hydrogen) atoms. The van der Waals surface area contributed by atoms with E-state index >= 15 is 0 Å². The Morgan fingerprint density at radius 3 is 2.64 bits per heavy atom. The van der Waals surface area contributed by atoms with E-state index in [1.807, 2.05) is 30.5 Å². The third-order valence-corrected chi connectivity index (χ3v) is 6.99. The highest BCUT2D eigenvalue weighted by atomic mass is 32.2. The van der Waals surface area contributed by atoms with Crippen molar-refractivity contribution in [2.75, 3.05) is 29.6 Å². The molecule has 1 saturated heterocycles. The van der Waals surface area contributed by atoms with Gasteiger partial charge in [-0.3, -0.25) is 4.79 Å². The molecule has 0 atom stereocenters. The maximum Gasteiger partial charge on any atom is 0.255 e. The fraction of sp³-hybridized carbons (Fsp3) is 0.250. The second-order valence-corrected chi connectivity index (χ2v) is 9.74. The van der Waals surface area contributed by atoms with Crippen molar-refractivity contribution in [3.8, 4) is 11.6 Å².